The van der Waals surface area contributed by atoms with Crippen LogP contribution in [-0.4, -0.2) is 35.5 Å². The Morgan fingerprint density at radius 1 is 1.44 bits per heavy atom. The largest absolute Gasteiger partial charge is 0.444 e. The zero-order valence-corrected chi connectivity index (χ0v) is 11.6. The van der Waals surface area contributed by atoms with E-state index >= 15 is 0 Å². The number of ether oxygens (including phenoxy) is 1. The molecule has 1 saturated heterocycles. The van der Waals surface area contributed by atoms with Crippen LogP contribution in [0.2, 0.25) is 0 Å². The minimum atomic E-state index is -0.450. The van der Waals surface area contributed by atoms with E-state index in [4.69, 9.17) is 4.74 Å². The minimum absolute atomic E-state index is 0.0747. The van der Waals surface area contributed by atoms with Gasteiger partial charge in [-0.2, -0.15) is 0 Å². The molecule has 0 N–H and O–H groups in total. The number of hydrogen-bond donors (Lipinski definition) is 0. The normalized spacial score (nSPS) is 19.7. The highest BCUT2D eigenvalue weighted by Crippen LogP contribution is 2.23. The van der Waals surface area contributed by atoms with Crippen molar-refractivity contribution in [3.05, 3.63) is 12.7 Å². The molecule has 0 bridgehead atoms. The molecule has 0 radical (unpaired) electrons. The molecule has 1 fully saturated rings. The Labute approximate surface area is 109 Å². The van der Waals surface area contributed by atoms with E-state index in [0.29, 0.717) is 18.9 Å². The first-order valence-corrected chi connectivity index (χ1v) is 6.45. The Morgan fingerprint density at radius 3 is 2.67 bits per heavy atom. The van der Waals surface area contributed by atoms with Crippen molar-refractivity contribution in [1.29, 1.82) is 0 Å². The van der Waals surface area contributed by atoms with E-state index in [9.17, 15) is 9.59 Å². The van der Waals surface area contributed by atoms with Gasteiger partial charge in [-0.25, -0.2) is 4.79 Å². The summed E-state index contributed by atoms with van der Waals surface area (Å²) >= 11 is 0. The third-order valence-electron chi connectivity index (χ3n) is 2.96. The average molecular weight is 253 g/mol. The first kappa shape index (κ1) is 14.7. The summed E-state index contributed by atoms with van der Waals surface area (Å²) in [7, 11) is 0. The molecule has 4 nitrogen and oxygen atoms in total. The van der Waals surface area contributed by atoms with E-state index in [0.717, 1.165) is 19.4 Å². The maximum atomic E-state index is 11.8. The molecule has 0 aliphatic carbocycles. The summed E-state index contributed by atoms with van der Waals surface area (Å²) in [6.07, 6.45) is 3.41. The number of carbonyl (C=O) groups excluding carboxylic acids is 2. The molecule has 0 aromatic heterocycles. The lowest BCUT2D eigenvalue weighted by Crippen LogP contribution is -2.35. The molecular weight excluding hydrogens is 230 g/mol. The minimum Gasteiger partial charge on any atom is -0.444 e. The highest BCUT2D eigenvalue weighted by Gasteiger charge is 2.29. The molecule has 1 amide bonds. The van der Waals surface area contributed by atoms with E-state index in [-0.39, 0.29) is 11.9 Å². The fraction of sp³-hybridized carbons (Fsp3) is 0.714. The molecule has 1 atom stereocenters. The van der Waals surface area contributed by atoms with Crippen molar-refractivity contribution in [3.63, 3.8) is 0 Å². The number of amides is 1. The van der Waals surface area contributed by atoms with Crippen LogP contribution in [0.5, 0.6) is 0 Å². The molecule has 1 aliphatic heterocycles. The molecule has 1 rings (SSSR count). The molecule has 102 valence electrons. The first-order chi connectivity index (χ1) is 8.31. The van der Waals surface area contributed by atoms with Crippen molar-refractivity contribution in [2.75, 3.05) is 13.1 Å². The number of nitrogens with zero attached hydrogens (tertiary/aromatic N) is 1. The van der Waals surface area contributed by atoms with E-state index < -0.39 is 5.60 Å². The van der Waals surface area contributed by atoms with Crippen molar-refractivity contribution < 1.29 is 14.3 Å². The Morgan fingerprint density at radius 2 is 2.11 bits per heavy atom. The first-order valence-electron chi connectivity index (χ1n) is 6.45. The zero-order chi connectivity index (χ0) is 13.8. The number of carbonyl (C=O) groups is 2. The standard InChI is InChI=1S/C14H23NO3/c1-5-12(16)7-6-11-8-9-15(10-11)13(17)18-14(2,3)4/h5,11H,1,6-10H2,2-4H3. The second-order valence-electron chi connectivity index (χ2n) is 5.79. The van der Waals surface area contributed by atoms with Crippen LogP contribution < -0.4 is 0 Å². The molecule has 4 heteroatoms. The number of allylic oxidation sites excluding steroid dienone is 1. The smallest absolute Gasteiger partial charge is 0.410 e. The van der Waals surface area contributed by atoms with Crippen LogP contribution in [0, 0.1) is 5.92 Å². The van der Waals surface area contributed by atoms with Crippen LogP contribution in [0.4, 0.5) is 4.79 Å². The summed E-state index contributed by atoms with van der Waals surface area (Å²) in [5, 5.41) is 0. The zero-order valence-electron chi connectivity index (χ0n) is 11.6. The summed E-state index contributed by atoms with van der Waals surface area (Å²) in [6.45, 7) is 10.5. The third kappa shape index (κ3) is 4.90. The van der Waals surface area contributed by atoms with Crippen molar-refractivity contribution >= 4 is 11.9 Å². The predicted molar refractivity (Wildman–Crippen MR) is 70.4 cm³/mol. The molecule has 18 heavy (non-hydrogen) atoms. The van der Waals surface area contributed by atoms with Crippen molar-refractivity contribution in [1.82, 2.24) is 4.90 Å². The summed E-state index contributed by atoms with van der Waals surface area (Å²) in [5.74, 6) is 0.479. The van der Waals surface area contributed by atoms with Gasteiger partial charge in [0.15, 0.2) is 5.78 Å². The van der Waals surface area contributed by atoms with E-state index in [1.165, 1.54) is 6.08 Å². The number of ketones is 1. The Hall–Kier alpha value is -1.32. The van der Waals surface area contributed by atoms with E-state index in [2.05, 4.69) is 6.58 Å². The molecule has 1 heterocycles. The molecule has 0 saturated carbocycles. The summed E-state index contributed by atoms with van der Waals surface area (Å²) in [4.78, 5) is 24.7. The molecule has 0 spiro atoms. The van der Waals surface area contributed by atoms with Gasteiger partial charge in [0.1, 0.15) is 5.60 Å². The van der Waals surface area contributed by atoms with Crippen LogP contribution in [0.25, 0.3) is 0 Å². The molecule has 0 aromatic carbocycles. The van der Waals surface area contributed by atoms with Crippen molar-refractivity contribution in [3.8, 4) is 0 Å². The lowest BCUT2D eigenvalue weighted by atomic mass is 10.0. The summed E-state index contributed by atoms with van der Waals surface area (Å²) < 4.78 is 5.32. The van der Waals surface area contributed by atoms with E-state index in [1.54, 1.807) is 4.90 Å². The Bertz CT molecular complexity index is 330. The van der Waals surface area contributed by atoms with Gasteiger partial charge in [-0.3, -0.25) is 4.79 Å². The third-order valence-corrected chi connectivity index (χ3v) is 2.96. The quantitative estimate of drug-likeness (QED) is 0.724. The summed E-state index contributed by atoms with van der Waals surface area (Å²) in [5.41, 5.74) is -0.450. The van der Waals surface area contributed by atoms with Crippen molar-refractivity contribution in [2.24, 2.45) is 5.92 Å². The Balaban J connectivity index is 2.34. The van der Waals surface area contributed by atoms with Gasteiger partial charge >= 0.3 is 6.09 Å². The fourth-order valence-corrected chi connectivity index (χ4v) is 2.01. The molecule has 1 aliphatic rings. The van der Waals surface area contributed by atoms with Gasteiger partial charge in [-0.15, -0.1) is 0 Å². The lowest BCUT2D eigenvalue weighted by Gasteiger charge is -2.24. The van der Waals surface area contributed by atoms with Gasteiger partial charge in [0, 0.05) is 19.5 Å². The Kier molecular flexibility index (Phi) is 4.93. The van der Waals surface area contributed by atoms with Gasteiger partial charge in [-0.1, -0.05) is 6.58 Å². The van der Waals surface area contributed by atoms with Crippen LogP contribution in [0.15, 0.2) is 12.7 Å². The predicted octanol–water partition coefficient (Wildman–Crippen LogP) is 2.78. The number of rotatable bonds is 4. The second-order valence-corrected chi connectivity index (χ2v) is 5.79. The average Bonchev–Trinajstić information content (AvgIpc) is 2.72. The number of hydrogen-bond acceptors (Lipinski definition) is 3. The maximum Gasteiger partial charge on any atom is 0.410 e. The SMILES string of the molecule is C=CC(=O)CCC1CCN(C(=O)OC(C)(C)C)C1. The monoisotopic (exact) mass is 253 g/mol. The molecular formula is C14H23NO3. The van der Waals surface area contributed by atoms with Crippen LogP contribution in [0.3, 0.4) is 0 Å². The topological polar surface area (TPSA) is 46.6 Å². The fourth-order valence-electron chi connectivity index (χ4n) is 2.01. The van der Waals surface area contributed by atoms with Crippen LogP contribution in [-0.2, 0) is 9.53 Å². The summed E-state index contributed by atoms with van der Waals surface area (Å²) in [6, 6.07) is 0. The van der Waals surface area contributed by atoms with Gasteiger partial charge in [-0.05, 0) is 45.6 Å². The van der Waals surface area contributed by atoms with Gasteiger partial charge in [0.2, 0.25) is 0 Å². The lowest BCUT2D eigenvalue weighted by molar-refractivity contribution is -0.114. The maximum absolute atomic E-state index is 11.8. The number of likely N-dealkylation sites (tertiary alicyclic amines) is 1. The molecule has 0 aromatic rings. The van der Waals surface area contributed by atoms with Crippen LogP contribution in [0.1, 0.15) is 40.0 Å². The molecule has 1 unspecified atom stereocenters. The van der Waals surface area contributed by atoms with Crippen molar-refractivity contribution in [2.45, 2.75) is 45.6 Å². The van der Waals surface area contributed by atoms with E-state index in [1.807, 2.05) is 20.8 Å². The van der Waals surface area contributed by atoms with Gasteiger partial charge in [0.05, 0.1) is 0 Å². The highest BCUT2D eigenvalue weighted by molar-refractivity contribution is 5.88. The van der Waals surface area contributed by atoms with Crippen LogP contribution >= 0.6 is 0 Å². The van der Waals surface area contributed by atoms with Gasteiger partial charge in [0.25, 0.3) is 0 Å². The second kappa shape index (κ2) is 6.03. The highest BCUT2D eigenvalue weighted by atomic mass is 16.6. The van der Waals surface area contributed by atoms with Gasteiger partial charge < -0.3 is 9.64 Å².